The Morgan fingerprint density at radius 3 is 1.88 bits per heavy atom. The van der Waals surface area contributed by atoms with E-state index in [1.54, 1.807) is 0 Å². The minimum atomic E-state index is 1.05. The van der Waals surface area contributed by atoms with E-state index in [1.807, 2.05) is 0 Å². The maximum atomic E-state index is 3.46. The summed E-state index contributed by atoms with van der Waals surface area (Å²) in [7, 11) is 0. The molecule has 17 heavy (non-hydrogen) atoms. The Bertz CT molecular complexity index is 158. The minimum absolute atomic E-state index is 1.05. The number of unbranched alkanes of at least 4 members (excludes halogenated alkanes) is 2. The Balaban J connectivity index is 1.42. The first-order valence-corrected chi connectivity index (χ1v) is 8.16. The lowest BCUT2D eigenvalue weighted by Gasteiger charge is -2.23. The third-order valence-corrected chi connectivity index (χ3v) is 4.91. The van der Waals surface area contributed by atoms with Gasteiger partial charge in [0, 0.05) is 0 Å². The van der Waals surface area contributed by atoms with Gasteiger partial charge >= 0.3 is 0 Å². The van der Waals surface area contributed by atoms with Crippen molar-refractivity contribution < 1.29 is 0 Å². The van der Waals surface area contributed by atoms with Gasteiger partial charge in [-0.1, -0.05) is 64.2 Å². The summed E-state index contributed by atoms with van der Waals surface area (Å²) < 4.78 is 0. The molecule has 2 fully saturated rings. The normalized spacial score (nSPS) is 24.0. The van der Waals surface area contributed by atoms with Crippen LogP contribution in [0, 0.1) is 11.8 Å². The van der Waals surface area contributed by atoms with E-state index < -0.39 is 0 Å². The molecule has 1 aliphatic carbocycles. The fourth-order valence-electron chi connectivity index (χ4n) is 3.69. The number of piperidine rings is 1. The van der Waals surface area contributed by atoms with Crippen LogP contribution in [0.1, 0.15) is 77.0 Å². The monoisotopic (exact) mass is 237 g/mol. The number of hydrogen-bond donors (Lipinski definition) is 1. The number of rotatable bonds is 6. The SMILES string of the molecule is C1CCC(CCCCCC2CCNCC2)CC1. The molecule has 2 rings (SSSR count). The second-order valence-corrected chi connectivity index (χ2v) is 6.34. The van der Waals surface area contributed by atoms with Crippen LogP contribution in [-0.4, -0.2) is 13.1 Å². The van der Waals surface area contributed by atoms with E-state index in [4.69, 9.17) is 0 Å². The van der Waals surface area contributed by atoms with Gasteiger partial charge in [0.05, 0.1) is 0 Å². The average molecular weight is 237 g/mol. The molecule has 0 aromatic heterocycles. The molecule has 0 unspecified atom stereocenters. The van der Waals surface area contributed by atoms with Crippen LogP contribution in [0.25, 0.3) is 0 Å². The maximum absolute atomic E-state index is 3.46. The van der Waals surface area contributed by atoms with Crippen molar-refractivity contribution in [1.82, 2.24) is 5.32 Å². The molecule has 100 valence electrons. The van der Waals surface area contributed by atoms with E-state index in [1.165, 1.54) is 90.1 Å². The molecule has 0 spiro atoms. The van der Waals surface area contributed by atoms with Gasteiger partial charge in [-0.05, 0) is 37.8 Å². The summed E-state index contributed by atoms with van der Waals surface area (Å²) in [6, 6.07) is 0. The van der Waals surface area contributed by atoms with Gasteiger partial charge in [0.1, 0.15) is 0 Å². The molecule has 1 aliphatic heterocycles. The first-order valence-electron chi connectivity index (χ1n) is 8.16. The zero-order chi connectivity index (χ0) is 11.8. The highest BCUT2D eigenvalue weighted by molar-refractivity contribution is 4.69. The van der Waals surface area contributed by atoms with Crippen molar-refractivity contribution in [3.05, 3.63) is 0 Å². The molecule has 0 aromatic carbocycles. The summed E-state index contributed by atoms with van der Waals surface area (Å²) in [6.07, 6.45) is 18.0. The average Bonchev–Trinajstić information content (AvgIpc) is 2.41. The predicted molar refractivity (Wildman–Crippen MR) is 75.3 cm³/mol. The van der Waals surface area contributed by atoms with Gasteiger partial charge in [0.2, 0.25) is 0 Å². The molecular weight excluding hydrogens is 206 g/mol. The van der Waals surface area contributed by atoms with Crippen LogP contribution in [0.4, 0.5) is 0 Å². The van der Waals surface area contributed by atoms with Crippen molar-refractivity contribution in [3.63, 3.8) is 0 Å². The fraction of sp³-hybridized carbons (Fsp3) is 1.00. The van der Waals surface area contributed by atoms with Crippen LogP contribution in [0.2, 0.25) is 0 Å². The minimum Gasteiger partial charge on any atom is -0.317 e. The molecule has 1 heteroatoms. The summed E-state index contributed by atoms with van der Waals surface area (Å²) in [5, 5.41) is 3.46. The van der Waals surface area contributed by atoms with Gasteiger partial charge in [-0.3, -0.25) is 0 Å². The first-order chi connectivity index (χ1) is 8.45. The van der Waals surface area contributed by atoms with Gasteiger partial charge in [-0.15, -0.1) is 0 Å². The molecule has 1 N–H and O–H groups in total. The lowest BCUT2D eigenvalue weighted by Crippen LogP contribution is -2.27. The van der Waals surface area contributed by atoms with Crippen LogP contribution in [0.15, 0.2) is 0 Å². The Morgan fingerprint density at radius 2 is 1.24 bits per heavy atom. The van der Waals surface area contributed by atoms with Crippen molar-refractivity contribution in [1.29, 1.82) is 0 Å². The lowest BCUT2D eigenvalue weighted by atomic mass is 9.85. The second kappa shape index (κ2) is 8.13. The largest absolute Gasteiger partial charge is 0.317 e. The third kappa shape index (κ3) is 5.42. The molecule has 0 radical (unpaired) electrons. The third-order valence-electron chi connectivity index (χ3n) is 4.91. The molecule has 0 bridgehead atoms. The van der Waals surface area contributed by atoms with E-state index in [9.17, 15) is 0 Å². The van der Waals surface area contributed by atoms with E-state index >= 15 is 0 Å². The Morgan fingerprint density at radius 1 is 0.647 bits per heavy atom. The molecule has 1 nitrogen and oxygen atoms in total. The Labute approximate surface area is 108 Å². The summed E-state index contributed by atoms with van der Waals surface area (Å²) >= 11 is 0. The van der Waals surface area contributed by atoms with Crippen molar-refractivity contribution in [3.8, 4) is 0 Å². The molecule has 0 amide bonds. The molecule has 1 saturated heterocycles. The van der Waals surface area contributed by atoms with Crippen LogP contribution >= 0.6 is 0 Å². The predicted octanol–water partition coefficient (Wildman–Crippen LogP) is 4.52. The molecule has 2 aliphatic rings. The van der Waals surface area contributed by atoms with Crippen LogP contribution in [-0.2, 0) is 0 Å². The van der Waals surface area contributed by atoms with E-state index in [0.29, 0.717) is 0 Å². The zero-order valence-electron chi connectivity index (χ0n) is 11.6. The van der Waals surface area contributed by atoms with E-state index in [0.717, 1.165) is 11.8 Å². The molecule has 1 heterocycles. The smallest absolute Gasteiger partial charge is 0.00463 e. The number of hydrogen-bond acceptors (Lipinski definition) is 1. The summed E-state index contributed by atoms with van der Waals surface area (Å²) in [5.41, 5.74) is 0. The molecular formula is C16H31N. The van der Waals surface area contributed by atoms with E-state index in [2.05, 4.69) is 5.32 Å². The van der Waals surface area contributed by atoms with Gasteiger partial charge in [-0.2, -0.15) is 0 Å². The lowest BCUT2D eigenvalue weighted by molar-refractivity contribution is 0.316. The van der Waals surface area contributed by atoms with Gasteiger partial charge < -0.3 is 5.32 Å². The van der Waals surface area contributed by atoms with Crippen molar-refractivity contribution in [2.45, 2.75) is 77.0 Å². The van der Waals surface area contributed by atoms with Crippen molar-refractivity contribution in [2.24, 2.45) is 11.8 Å². The topological polar surface area (TPSA) is 12.0 Å². The molecule has 0 atom stereocenters. The second-order valence-electron chi connectivity index (χ2n) is 6.34. The van der Waals surface area contributed by atoms with Crippen LogP contribution < -0.4 is 5.32 Å². The highest BCUT2D eigenvalue weighted by Crippen LogP contribution is 2.28. The molecule has 1 saturated carbocycles. The highest BCUT2D eigenvalue weighted by Gasteiger charge is 2.14. The zero-order valence-corrected chi connectivity index (χ0v) is 11.6. The highest BCUT2D eigenvalue weighted by atomic mass is 14.9. The number of nitrogens with one attached hydrogen (secondary N) is 1. The first kappa shape index (κ1) is 13.4. The summed E-state index contributed by atoms with van der Waals surface area (Å²) in [6.45, 7) is 2.54. The van der Waals surface area contributed by atoms with Crippen molar-refractivity contribution >= 4 is 0 Å². The van der Waals surface area contributed by atoms with Gasteiger partial charge in [0.25, 0.3) is 0 Å². The van der Waals surface area contributed by atoms with Crippen LogP contribution in [0.3, 0.4) is 0 Å². The molecule has 0 aromatic rings. The Hall–Kier alpha value is -0.0400. The van der Waals surface area contributed by atoms with Crippen LogP contribution in [0.5, 0.6) is 0 Å². The quantitative estimate of drug-likeness (QED) is 0.670. The van der Waals surface area contributed by atoms with Gasteiger partial charge in [0.15, 0.2) is 0 Å². The van der Waals surface area contributed by atoms with E-state index in [-0.39, 0.29) is 0 Å². The van der Waals surface area contributed by atoms with Gasteiger partial charge in [-0.25, -0.2) is 0 Å². The fourth-order valence-corrected chi connectivity index (χ4v) is 3.69. The Kier molecular flexibility index (Phi) is 6.41. The maximum Gasteiger partial charge on any atom is -0.00463 e. The summed E-state index contributed by atoms with van der Waals surface area (Å²) in [5.74, 6) is 2.15. The summed E-state index contributed by atoms with van der Waals surface area (Å²) in [4.78, 5) is 0. The standard InChI is InChI=1S/C16H31N/c1-3-7-15(8-4-1)9-5-2-6-10-16-11-13-17-14-12-16/h15-17H,1-14H2. The van der Waals surface area contributed by atoms with Crippen molar-refractivity contribution in [2.75, 3.05) is 13.1 Å².